The highest BCUT2D eigenvalue weighted by Crippen LogP contribution is 2.38. The Bertz CT molecular complexity index is 882. The third kappa shape index (κ3) is 5.71. The number of ether oxygens (including phenoxy) is 3. The molecule has 0 unspecified atom stereocenters. The fourth-order valence-corrected chi connectivity index (χ4v) is 2.52. The van der Waals surface area contributed by atoms with Crippen molar-refractivity contribution in [2.24, 2.45) is 5.10 Å². The summed E-state index contributed by atoms with van der Waals surface area (Å²) in [5.74, 6) is 0.167. The van der Waals surface area contributed by atoms with E-state index in [4.69, 9.17) is 14.2 Å². The molecule has 2 N–H and O–H groups in total. The van der Waals surface area contributed by atoms with Crippen LogP contribution in [0.4, 0.5) is 0 Å². The summed E-state index contributed by atoms with van der Waals surface area (Å²) in [6.07, 6.45) is 0. The lowest BCUT2D eigenvalue weighted by Gasteiger charge is -2.14. The number of carbonyl (C=O) groups excluding carboxylic acids is 2. The van der Waals surface area contributed by atoms with Crippen LogP contribution in [0.1, 0.15) is 28.4 Å². The Morgan fingerprint density at radius 3 is 2.03 bits per heavy atom. The molecule has 0 fully saturated rings. The monoisotopic (exact) mass is 399 g/mol. The second kappa shape index (κ2) is 10.1. The molecule has 0 bridgehead atoms. The van der Waals surface area contributed by atoms with Gasteiger partial charge in [0.2, 0.25) is 5.75 Å². The number of carbonyl (C=O) groups is 2. The molecule has 0 aliphatic carbocycles. The van der Waals surface area contributed by atoms with E-state index in [0.717, 1.165) is 11.1 Å². The molecule has 8 nitrogen and oxygen atoms in total. The quantitative estimate of drug-likeness (QED) is 0.524. The third-order valence-corrected chi connectivity index (χ3v) is 4.15. The fraction of sp³-hybridized carbons (Fsp3) is 0.286. The lowest BCUT2D eigenvalue weighted by Crippen LogP contribution is -2.35. The number of hydrazone groups is 1. The first-order valence-corrected chi connectivity index (χ1v) is 8.88. The molecule has 0 atom stereocenters. The molecule has 2 aromatic rings. The van der Waals surface area contributed by atoms with Crippen molar-refractivity contribution >= 4 is 17.5 Å². The van der Waals surface area contributed by atoms with Crippen LogP contribution in [0.5, 0.6) is 17.2 Å². The van der Waals surface area contributed by atoms with E-state index in [-0.39, 0.29) is 12.1 Å². The fourth-order valence-electron chi connectivity index (χ4n) is 2.52. The van der Waals surface area contributed by atoms with E-state index in [1.165, 1.54) is 33.5 Å². The number of nitrogens with zero attached hydrogens (tertiary/aromatic N) is 1. The molecular formula is C21H25N3O5. The molecule has 29 heavy (non-hydrogen) atoms. The van der Waals surface area contributed by atoms with Gasteiger partial charge in [0.15, 0.2) is 11.5 Å². The number of aryl methyl sites for hydroxylation is 1. The maximum Gasteiger partial charge on any atom is 0.259 e. The van der Waals surface area contributed by atoms with Crippen molar-refractivity contribution in [3.63, 3.8) is 0 Å². The molecule has 0 aromatic heterocycles. The highest BCUT2D eigenvalue weighted by Gasteiger charge is 2.17. The van der Waals surface area contributed by atoms with Gasteiger partial charge >= 0.3 is 0 Å². The van der Waals surface area contributed by atoms with Gasteiger partial charge in [-0.3, -0.25) is 9.59 Å². The summed E-state index contributed by atoms with van der Waals surface area (Å²) in [4.78, 5) is 24.4. The van der Waals surface area contributed by atoms with Crippen LogP contribution in [0.2, 0.25) is 0 Å². The van der Waals surface area contributed by atoms with Gasteiger partial charge in [0.1, 0.15) is 0 Å². The molecule has 2 amide bonds. The van der Waals surface area contributed by atoms with Crippen LogP contribution in [-0.4, -0.2) is 45.4 Å². The summed E-state index contributed by atoms with van der Waals surface area (Å²) in [6.45, 7) is 3.55. The maximum atomic E-state index is 12.4. The van der Waals surface area contributed by atoms with Gasteiger partial charge in [-0.1, -0.05) is 29.8 Å². The smallest absolute Gasteiger partial charge is 0.259 e. The molecule has 0 aliphatic heterocycles. The van der Waals surface area contributed by atoms with E-state index in [1.807, 2.05) is 31.2 Å². The molecule has 2 rings (SSSR count). The van der Waals surface area contributed by atoms with Gasteiger partial charge in [0.25, 0.3) is 11.8 Å². The Hall–Kier alpha value is -3.55. The second-order valence-corrected chi connectivity index (χ2v) is 6.19. The van der Waals surface area contributed by atoms with Gasteiger partial charge in [-0.25, -0.2) is 5.43 Å². The summed E-state index contributed by atoms with van der Waals surface area (Å²) in [7, 11) is 4.39. The molecule has 0 aliphatic rings. The van der Waals surface area contributed by atoms with Gasteiger partial charge in [-0.15, -0.1) is 0 Å². The number of nitrogens with one attached hydrogen (secondary N) is 2. The Kier molecular flexibility index (Phi) is 7.59. The minimum absolute atomic E-state index is 0.236. The van der Waals surface area contributed by atoms with Crippen LogP contribution in [-0.2, 0) is 4.79 Å². The van der Waals surface area contributed by atoms with E-state index in [0.29, 0.717) is 23.0 Å². The summed E-state index contributed by atoms with van der Waals surface area (Å²) in [5.41, 5.74) is 5.40. The van der Waals surface area contributed by atoms with E-state index in [9.17, 15) is 9.59 Å². The third-order valence-electron chi connectivity index (χ3n) is 4.15. The molecule has 0 radical (unpaired) electrons. The number of benzene rings is 2. The topological polar surface area (TPSA) is 98.2 Å². The molecule has 0 heterocycles. The Morgan fingerprint density at radius 1 is 0.931 bits per heavy atom. The molecule has 154 valence electrons. The van der Waals surface area contributed by atoms with Gasteiger partial charge in [-0.05, 0) is 31.5 Å². The Balaban J connectivity index is 1.98. The normalized spacial score (nSPS) is 10.9. The van der Waals surface area contributed by atoms with Crippen molar-refractivity contribution < 1.29 is 23.8 Å². The molecule has 0 spiro atoms. The number of methoxy groups -OCH3 is 3. The number of hydrogen-bond acceptors (Lipinski definition) is 6. The van der Waals surface area contributed by atoms with Crippen molar-refractivity contribution in [3.05, 3.63) is 53.1 Å². The van der Waals surface area contributed by atoms with Crippen LogP contribution in [0.3, 0.4) is 0 Å². The number of rotatable bonds is 8. The first-order chi connectivity index (χ1) is 13.9. The van der Waals surface area contributed by atoms with Gasteiger partial charge < -0.3 is 19.5 Å². The first kappa shape index (κ1) is 21.7. The molecule has 2 aromatic carbocycles. The standard InChI is InChI=1S/C21H25N3O5/c1-13-6-8-15(9-7-13)14(2)23-24-19(25)12-22-21(26)16-10-17(27-3)20(29-5)18(11-16)28-4/h6-11H,12H2,1-5H3,(H,22,26)(H,24,25)/b23-14-. The van der Waals surface area contributed by atoms with Crippen molar-refractivity contribution in [3.8, 4) is 17.2 Å². The minimum atomic E-state index is -0.460. The first-order valence-electron chi connectivity index (χ1n) is 8.88. The SMILES string of the molecule is COc1cc(C(=O)NCC(=O)N/N=C(/C)c2ccc(C)cc2)cc(OC)c1OC. The highest BCUT2D eigenvalue weighted by molar-refractivity contribution is 6.00. The van der Waals surface area contributed by atoms with Crippen LogP contribution in [0.15, 0.2) is 41.5 Å². The van der Waals surface area contributed by atoms with Gasteiger partial charge in [-0.2, -0.15) is 5.10 Å². The molecular weight excluding hydrogens is 374 g/mol. The van der Waals surface area contributed by atoms with Crippen molar-refractivity contribution in [1.29, 1.82) is 0 Å². The zero-order valence-electron chi connectivity index (χ0n) is 17.2. The van der Waals surface area contributed by atoms with Crippen LogP contribution in [0.25, 0.3) is 0 Å². The molecule has 8 heteroatoms. The number of hydrogen-bond donors (Lipinski definition) is 2. The van der Waals surface area contributed by atoms with Crippen LogP contribution < -0.4 is 25.0 Å². The van der Waals surface area contributed by atoms with Crippen molar-refractivity contribution in [2.75, 3.05) is 27.9 Å². The predicted octanol–water partition coefficient (Wildman–Crippen LogP) is 2.29. The number of amides is 2. The van der Waals surface area contributed by atoms with Gasteiger partial charge in [0, 0.05) is 5.56 Å². The lowest BCUT2D eigenvalue weighted by molar-refractivity contribution is -0.120. The summed E-state index contributed by atoms with van der Waals surface area (Å²) >= 11 is 0. The van der Waals surface area contributed by atoms with E-state index in [1.54, 1.807) is 6.92 Å². The molecule has 0 saturated carbocycles. The van der Waals surface area contributed by atoms with E-state index >= 15 is 0 Å². The Morgan fingerprint density at radius 2 is 1.52 bits per heavy atom. The van der Waals surface area contributed by atoms with E-state index in [2.05, 4.69) is 15.8 Å². The summed E-state index contributed by atoms with van der Waals surface area (Å²) < 4.78 is 15.7. The zero-order chi connectivity index (χ0) is 21.4. The molecule has 0 saturated heterocycles. The average molecular weight is 399 g/mol. The maximum absolute atomic E-state index is 12.4. The summed E-state index contributed by atoms with van der Waals surface area (Å²) in [5, 5.41) is 6.60. The van der Waals surface area contributed by atoms with Gasteiger partial charge in [0.05, 0.1) is 33.6 Å². The summed E-state index contributed by atoms with van der Waals surface area (Å²) in [6, 6.07) is 10.8. The Labute approximate surface area is 169 Å². The van der Waals surface area contributed by atoms with Crippen LogP contribution >= 0.6 is 0 Å². The van der Waals surface area contributed by atoms with E-state index < -0.39 is 11.8 Å². The average Bonchev–Trinajstić information content (AvgIpc) is 2.74. The van der Waals surface area contributed by atoms with Crippen molar-refractivity contribution in [2.45, 2.75) is 13.8 Å². The lowest BCUT2D eigenvalue weighted by atomic mass is 10.1. The zero-order valence-corrected chi connectivity index (χ0v) is 17.2. The highest BCUT2D eigenvalue weighted by atomic mass is 16.5. The predicted molar refractivity (Wildman–Crippen MR) is 110 cm³/mol. The minimum Gasteiger partial charge on any atom is -0.493 e. The largest absolute Gasteiger partial charge is 0.493 e. The second-order valence-electron chi connectivity index (χ2n) is 6.19. The van der Waals surface area contributed by atoms with Crippen molar-refractivity contribution in [1.82, 2.24) is 10.7 Å². The van der Waals surface area contributed by atoms with Crippen LogP contribution in [0, 0.1) is 6.92 Å².